The molecule has 0 bridgehead atoms. The number of rotatable bonds is 4. The molecule has 3 heteroatoms. The van der Waals surface area contributed by atoms with E-state index in [9.17, 15) is 4.79 Å². The van der Waals surface area contributed by atoms with E-state index >= 15 is 0 Å². The van der Waals surface area contributed by atoms with Crippen molar-refractivity contribution in [3.05, 3.63) is 35.4 Å². The summed E-state index contributed by atoms with van der Waals surface area (Å²) in [5.41, 5.74) is 2.19. The molecule has 1 aliphatic rings. The largest absolute Gasteiger partial charge is 0.392 e. The maximum absolute atomic E-state index is 11.4. The summed E-state index contributed by atoms with van der Waals surface area (Å²) < 4.78 is 0. The van der Waals surface area contributed by atoms with Crippen molar-refractivity contribution in [2.24, 2.45) is 5.92 Å². The Balaban J connectivity index is 1.93. The number of aliphatic hydroxyl groups excluding tert-OH is 1. The van der Waals surface area contributed by atoms with Crippen molar-refractivity contribution < 1.29 is 9.90 Å². The number of ketones is 1. The lowest BCUT2D eigenvalue weighted by Gasteiger charge is -2.31. The predicted molar refractivity (Wildman–Crippen MR) is 71.0 cm³/mol. The SMILES string of the molecule is CC(=O)C1CCCN(Cc2ccc(CO)cc2)C1. The minimum absolute atomic E-state index is 0.0937. The van der Waals surface area contributed by atoms with Gasteiger partial charge in [0.05, 0.1) is 6.61 Å². The highest BCUT2D eigenvalue weighted by molar-refractivity contribution is 5.78. The van der Waals surface area contributed by atoms with Crippen LogP contribution in [0.2, 0.25) is 0 Å². The summed E-state index contributed by atoms with van der Waals surface area (Å²) >= 11 is 0. The number of hydrogen-bond acceptors (Lipinski definition) is 3. The van der Waals surface area contributed by atoms with Crippen LogP contribution >= 0.6 is 0 Å². The summed E-state index contributed by atoms with van der Waals surface area (Å²) in [4.78, 5) is 13.8. The Morgan fingerprint density at radius 2 is 2.00 bits per heavy atom. The monoisotopic (exact) mass is 247 g/mol. The fraction of sp³-hybridized carbons (Fsp3) is 0.533. The van der Waals surface area contributed by atoms with Crippen LogP contribution in [0.15, 0.2) is 24.3 Å². The van der Waals surface area contributed by atoms with Crippen molar-refractivity contribution in [3.8, 4) is 0 Å². The second kappa shape index (κ2) is 6.12. The Kier molecular flexibility index (Phi) is 4.50. The van der Waals surface area contributed by atoms with Crippen LogP contribution in [0.5, 0.6) is 0 Å². The predicted octanol–water partition coefficient (Wildman–Crippen LogP) is 1.98. The highest BCUT2D eigenvalue weighted by Gasteiger charge is 2.22. The first-order chi connectivity index (χ1) is 8.69. The molecule has 0 aliphatic carbocycles. The molecule has 2 rings (SSSR count). The van der Waals surface area contributed by atoms with E-state index < -0.39 is 0 Å². The van der Waals surface area contributed by atoms with Crippen LogP contribution in [-0.4, -0.2) is 28.9 Å². The van der Waals surface area contributed by atoms with Crippen molar-refractivity contribution in [2.75, 3.05) is 13.1 Å². The van der Waals surface area contributed by atoms with Crippen molar-refractivity contribution in [1.82, 2.24) is 4.90 Å². The van der Waals surface area contributed by atoms with Crippen molar-refractivity contribution in [2.45, 2.75) is 32.9 Å². The molecule has 0 radical (unpaired) electrons. The van der Waals surface area contributed by atoms with E-state index in [2.05, 4.69) is 17.0 Å². The fourth-order valence-electron chi connectivity index (χ4n) is 2.54. The van der Waals surface area contributed by atoms with Gasteiger partial charge in [0.25, 0.3) is 0 Å². The molecule has 18 heavy (non-hydrogen) atoms. The first-order valence-corrected chi connectivity index (χ1v) is 6.60. The molecule has 0 saturated carbocycles. The van der Waals surface area contributed by atoms with Crippen LogP contribution in [0.4, 0.5) is 0 Å². The van der Waals surface area contributed by atoms with Gasteiger partial charge in [0, 0.05) is 19.0 Å². The Morgan fingerprint density at radius 3 is 2.61 bits per heavy atom. The topological polar surface area (TPSA) is 40.5 Å². The number of carbonyl (C=O) groups excluding carboxylic acids is 1. The average Bonchev–Trinajstić information content (AvgIpc) is 2.40. The zero-order valence-electron chi connectivity index (χ0n) is 10.9. The zero-order chi connectivity index (χ0) is 13.0. The summed E-state index contributed by atoms with van der Waals surface area (Å²) in [6.45, 7) is 4.65. The van der Waals surface area contributed by atoms with Gasteiger partial charge in [0.1, 0.15) is 5.78 Å². The van der Waals surface area contributed by atoms with Gasteiger partial charge in [-0.25, -0.2) is 0 Å². The Morgan fingerprint density at radius 1 is 1.33 bits per heavy atom. The van der Waals surface area contributed by atoms with Gasteiger partial charge in [-0.3, -0.25) is 9.69 Å². The molecular formula is C15H21NO2. The summed E-state index contributed by atoms with van der Waals surface area (Å²) in [7, 11) is 0. The first-order valence-electron chi connectivity index (χ1n) is 6.60. The second-order valence-corrected chi connectivity index (χ2v) is 5.16. The molecule has 1 N–H and O–H groups in total. The third-order valence-electron chi connectivity index (χ3n) is 3.69. The average molecular weight is 247 g/mol. The molecule has 0 aromatic heterocycles. The van der Waals surface area contributed by atoms with Gasteiger partial charge in [-0.05, 0) is 37.4 Å². The van der Waals surface area contributed by atoms with E-state index in [0.29, 0.717) is 5.78 Å². The molecule has 1 atom stereocenters. The molecule has 98 valence electrons. The normalized spacial score (nSPS) is 20.9. The lowest BCUT2D eigenvalue weighted by atomic mass is 9.94. The van der Waals surface area contributed by atoms with Crippen molar-refractivity contribution in [1.29, 1.82) is 0 Å². The van der Waals surface area contributed by atoms with E-state index in [1.807, 2.05) is 12.1 Å². The zero-order valence-corrected chi connectivity index (χ0v) is 10.9. The molecule has 1 aliphatic heterocycles. The van der Waals surface area contributed by atoms with Crippen LogP contribution in [0.25, 0.3) is 0 Å². The molecule has 1 fully saturated rings. The highest BCUT2D eigenvalue weighted by Crippen LogP contribution is 2.19. The van der Waals surface area contributed by atoms with Gasteiger partial charge in [0.15, 0.2) is 0 Å². The van der Waals surface area contributed by atoms with E-state index in [1.165, 1.54) is 5.56 Å². The quantitative estimate of drug-likeness (QED) is 0.884. The molecule has 0 amide bonds. The summed E-state index contributed by atoms with van der Waals surface area (Å²) in [5.74, 6) is 0.533. The maximum Gasteiger partial charge on any atom is 0.134 e. The molecule has 1 unspecified atom stereocenters. The third-order valence-corrected chi connectivity index (χ3v) is 3.69. The number of likely N-dealkylation sites (tertiary alicyclic amines) is 1. The Hall–Kier alpha value is -1.19. The van der Waals surface area contributed by atoms with Crippen LogP contribution in [-0.2, 0) is 17.9 Å². The lowest BCUT2D eigenvalue weighted by Crippen LogP contribution is -2.37. The first kappa shape index (κ1) is 13.2. The van der Waals surface area contributed by atoms with Gasteiger partial charge in [0.2, 0.25) is 0 Å². The van der Waals surface area contributed by atoms with Gasteiger partial charge in [-0.1, -0.05) is 24.3 Å². The number of Topliss-reactive ketones (excluding diaryl/α,β-unsaturated/α-hetero) is 1. The third kappa shape index (κ3) is 3.40. The summed E-state index contributed by atoms with van der Waals surface area (Å²) in [6, 6.07) is 8.04. The van der Waals surface area contributed by atoms with Gasteiger partial charge in [-0.15, -0.1) is 0 Å². The number of hydrogen-bond donors (Lipinski definition) is 1. The lowest BCUT2D eigenvalue weighted by molar-refractivity contribution is -0.122. The molecule has 0 spiro atoms. The molecule has 1 aromatic carbocycles. The fourth-order valence-corrected chi connectivity index (χ4v) is 2.54. The highest BCUT2D eigenvalue weighted by atomic mass is 16.3. The summed E-state index contributed by atoms with van der Waals surface area (Å²) in [6.07, 6.45) is 2.15. The number of nitrogens with zero attached hydrogens (tertiary/aromatic N) is 1. The van der Waals surface area contributed by atoms with Crippen LogP contribution in [0.1, 0.15) is 30.9 Å². The number of aliphatic hydroxyl groups is 1. The van der Waals surface area contributed by atoms with Crippen molar-refractivity contribution >= 4 is 5.78 Å². The Labute approximate surface area is 108 Å². The smallest absolute Gasteiger partial charge is 0.134 e. The minimum atomic E-state index is 0.0937. The van der Waals surface area contributed by atoms with E-state index in [-0.39, 0.29) is 12.5 Å². The van der Waals surface area contributed by atoms with Gasteiger partial charge in [-0.2, -0.15) is 0 Å². The molecule has 1 aromatic rings. The van der Waals surface area contributed by atoms with Crippen LogP contribution in [0, 0.1) is 5.92 Å². The van der Waals surface area contributed by atoms with E-state index in [4.69, 9.17) is 5.11 Å². The van der Waals surface area contributed by atoms with Crippen LogP contribution < -0.4 is 0 Å². The van der Waals surface area contributed by atoms with Gasteiger partial charge >= 0.3 is 0 Å². The summed E-state index contributed by atoms with van der Waals surface area (Å²) in [5, 5.41) is 9.00. The number of piperidine rings is 1. The van der Waals surface area contributed by atoms with Crippen molar-refractivity contribution in [3.63, 3.8) is 0 Å². The Bertz CT molecular complexity index is 399. The number of carbonyl (C=O) groups is 1. The molecule has 3 nitrogen and oxygen atoms in total. The molecule has 1 heterocycles. The van der Waals surface area contributed by atoms with E-state index in [1.54, 1.807) is 6.92 Å². The van der Waals surface area contributed by atoms with E-state index in [0.717, 1.165) is 38.0 Å². The minimum Gasteiger partial charge on any atom is -0.392 e. The number of benzene rings is 1. The standard InChI is InChI=1S/C15H21NO2/c1-12(18)15-3-2-8-16(10-15)9-13-4-6-14(11-17)7-5-13/h4-7,15,17H,2-3,8-11H2,1H3. The molecule has 1 saturated heterocycles. The second-order valence-electron chi connectivity index (χ2n) is 5.16. The maximum atomic E-state index is 11.4. The van der Waals surface area contributed by atoms with Crippen LogP contribution in [0.3, 0.4) is 0 Å². The molecular weight excluding hydrogens is 226 g/mol. The van der Waals surface area contributed by atoms with Gasteiger partial charge < -0.3 is 5.11 Å².